The van der Waals surface area contributed by atoms with E-state index in [1.165, 1.54) is 0 Å². The number of hydrogen-bond acceptors (Lipinski definition) is 5. The Hall–Kier alpha value is -2.74. The van der Waals surface area contributed by atoms with Crippen molar-refractivity contribution in [2.45, 2.75) is 0 Å². The number of nitrogens with zero attached hydrogens (tertiary/aromatic N) is 5. The molecular formula is C17H22N6O2. The van der Waals surface area contributed by atoms with Gasteiger partial charge in [0, 0.05) is 51.8 Å². The molecule has 0 spiro atoms. The van der Waals surface area contributed by atoms with Crippen LogP contribution in [0.5, 0.6) is 0 Å². The molecule has 0 aliphatic carbocycles. The summed E-state index contributed by atoms with van der Waals surface area (Å²) in [6, 6.07) is 5.32. The summed E-state index contributed by atoms with van der Waals surface area (Å²) >= 11 is 0. The SMILES string of the molecule is CNC(=O)C1CN(C)CCN(C(=O)c2ccc(-n3cccn3)nc2)C1. The van der Waals surface area contributed by atoms with Gasteiger partial charge in [0.25, 0.3) is 5.91 Å². The normalized spacial score (nSPS) is 18.6. The van der Waals surface area contributed by atoms with Gasteiger partial charge in [-0.2, -0.15) is 5.10 Å². The van der Waals surface area contributed by atoms with Gasteiger partial charge >= 0.3 is 0 Å². The zero-order valence-corrected chi connectivity index (χ0v) is 14.4. The highest BCUT2D eigenvalue weighted by atomic mass is 16.2. The molecule has 3 rings (SSSR count). The molecule has 2 aromatic heterocycles. The first kappa shape index (κ1) is 17.1. The summed E-state index contributed by atoms with van der Waals surface area (Å²) in [6.45, 7) is 2.37. The fraction of sp³-hybridized carbons (Fsp3) is 0.412. The van der Waals surface area contributed by atoms with E-state index in [1.807, 2.05) is 13.1 Å². The predicted octanol–water partition coefficient (Wildman–Crippen LogP) is 0.0171. The fourth-order valence-corrected chi connectivity index (χ4v) is 2.96. The summed E-state index contributed by atoms with van der Waals surface area (Å²) in [5.41, 5.74) is 0.510. The summed E-state index contributed by atoms with van der Waals surface area (Å²) in [5, 5.41) is 6.80. The van der Waals surface area contributed by atoms with Gasteiger partial charge in [0.15, 0.2) is 5.82 Å². The molecule has 0 radical (unpaired) electrons. The summed E-state index contributed by atoms with van der Waals surface area (Å²) < 4.78 is 1.64. The first-order valence-corrected chi connectivity index (χ1v) is 8.24. The highest BCUT2D eigenvalue weighted by Gasteiger charge is 2.28. The van der Waals surface area contributed by atoms with E-state index in [2.05, 4.69) is 20.3 Å². The minimum Gasteiger partial charge on any atom is -0.359 e. The van der Waals surface area contributed by atoms with Crippen LogP contribution < -0.4 is 5.32 Å². The van der Waals surface area contributed by atoms with E-state index < -0.39 is 0 Å². The second-order valence-corrected chi connectivity index (χ2v) is 6.18. The topological polar surface area (TPSA) is 83.4 Å². The molecule has 0 bridgehead atoms. The average Bonchev–Trinajstić information content (AvgIpc) is 3.10. The van der Waals surface area contributed by atoms with Gasteiger partial charge in [-0.05, 0) is 25.2 Å². The molecule has 3 heterocycles. The Morgan fingerprint density at radius 1 is 1.24 bits per heavy atom. The minimum absolute atomic E-state index is 0.0429. The predicted molar refractivity (Wildman–Crippen MR) is 92.3 cm³/mol. The molecule has 8 nitrogen and oxygen atoms in total. The number of likely N-dealkylation sites (N-methyl/N-ethyl adjacent to an activating group) is 1. The maximum atomic E-state index is 12.8. The fourth-order valence-electron chi connectivity index (χ4n) is 2.96. The second-order valence-electron chi connectivity index (χ2n) is 6.18. The average molecular weight is 342 g/mol. The van der Waals surface area contributed by atoms with Crippen molar-refractivity contribution in [1.82, 2.24) is 29.9 Å². The third-order valence-corrected chi connectivity index (χ3v) is 4.36. The van der Waals surface area contributed by atoms with Gasteiger partial charge in [0.05, 0.1) is 11.5 Å². The van der Waals surface area contributed by atoms with Crippen LogP contribution in [0.2, 0.25) is 0 Å². The number of rotatable bonds is 3. The third kappa shape index (κ3) is 3.85. The van der Waals surface area contributed by atoms with E-state index in [0.717, 1.165) is 6.54 Å². The Balaban J connectivity index is 1.75. The van der Waals surface area contributed by atoms with Gasteiger partial charge in [-0.15, -0.1) is 0 Å². The molecule has 1 N–H and O–H groups in total. The molecule has 8 heteroatoms. The summed E-state index contributed by atoms with van der Waals surface area (Å²) in [7, 11) is 3.58. The largest absolute Gasteiger partial charge is 0.359 e. The molecule has 25 heavy (non-hydrogen) atoms. The number of hydrogen-bond donors (Lipinski definition) is 1. The zero-order chi connectivity index (χ0) is 17.8. The molecule has 0 aromatic carbocycles. The molecule has 1 fully saturated rings. The van der Waals surface area contributed by atoms with Crippen molar-refractivity contribution in [3.05, 3.63) is 42.4 Å². The summed E-state index contributed by atoms with van der Waals surface area (Å²) in [6.07, 6.45) is 5.03. The van der Waals surface area contributed by atoms with Crippen molar-refractivity contribution in [3.63, 3.8) is 0 Å². The van der Waals surface area contributed by atoms with Crippen molar-refractivity contribution in [2.24, 2.45) is 5.92 Å². The lowest BCUT2D eigenvalue weighted by molar-refractivity contribution is -0.125. The molecule has 1 aliphatic heterocycles. The lowest BCUT2D eigenvalue weighted by Gasteiger charge is -2.23. The van der Waals surface area contributed by atoms with Crippen LogP contribution in [0.4, 0.5) is 0 Å². The van der Waals surface area contributed by atoms with Gasteiger partial charge in [0.1, 0.15) is 0 Å². The van der Waals surface area contributed by atoms with Crippen LogP contribution in [0.1, 0.15) is 10.4 Å². The lowest BCUT2D eigenvalue weighted by atomic mass is 10.1. The van der Waals surface area contributed by atoms with Crippen molar-refractivity contribution in [2.75, 3.05) is 40.3 Å². The van der Waals surface area contributed by atoms with Crippen LogP contribution in [0.25, 0.3) is 5.82 Å². The van der Waals surface area contributed by atoms with Crippen molar-refractivity contribution < 1.29 is 9.59 Å². The molecule has 2 aromatic rings. The number of carbonyl (C=O) groups excluding carboxylic acids is 2. The smallest absolute Gasteiger partial charge is 0.255 e. The quantitative estimate of drug-likeness (QED) is 0.850. The van der Waals surface area contributed by atoms with Crippen molar-refractivity contribution in [1.29, 1.82) is 0 Å². The zero-order valence-electron chi connectivity index (χ0n) is 14.4. The number of aromatic nitrogens is 3. The number of carbonyl (C=O) groups is 2. The number of pyridine rings is 1. The van der Waals surface area contributed by atoms with Crippen molar-refractivity contribution >= 4 is 11.8 Å². The van der Waals surface area contributed by atoms with Gasteiger partial charge < -0.3 is 15.1 Å². The van der Waals surface area contributed by atoms with Crippen LogP contribution in [0.15, 0.2) is 36.8 Å². The molecular weight excluding hydrogens is 320 g/mol. The van der Waals surface area contributed by atoms with Crippen molar-refractivity contribution in [3.8, 4) is 5.82 Å². The maximum Gasteiger partial charge on any atom is 0.255 e. The minimum atomic E-state index is -0.238. The molecule has 0 saturated carbocycles. The number of amides is 2. The second kappa shape index (κ2) is 7.43. The van der Waals surface area contributed by atoms with Crippen LogP contribution in [0, 0.1) is 5.92 Å². The van der Waals surface area contributed by atoms with Crippen LogP contribution in [-0.2, 0) is 4.79 Å². The van der Waals surface area contributed by atoms with Gasteiger partial charge in [-0.25, -0.2) is 9.67 Å². The molecule has 1 aliphatic rings. The van der Waals surface area contributed by atoms with Crippen LogP contribution >= 0.6 is 0 Å². The molecule has 1 saturated heterocycles. The van der Waals surface area contributed by atoms with Gasteiger partial charge in [-0.3, -0.25) is 9.59 Å². The highest BCUT2D eigenvalue weighted by molar-refractivity contribution is 5.94. The molecule has 1 atom stereocenters. The van der Waals surface area contributed by atoms with E-state index in [1.54, 1.807) is 47.4 Å². The van der Waals surface area contributed by atoms with E-state index in [4.69, 9.17) is 0 Å². The van der Waals surface area contributed by atoms with E-state index >= 15 is 0 Å². The Kier molecular flexibility index (Phi) is 5.08. The maximum absolute atomic E-state index is 12.8. The summed E-state index contributed by atoms with van der Waals surface area (Å²) in [4.78, 5) is 33.0. The molecule has 1 unspecified atom stereocenters. The van der Waals surface area contributed by atoms with Crippen LogP contribution in [-0.4, -0.2) is 76.7 Å². The van der Waals surface area contributed by atoms with E-state index in [9.17, 15) is 9.59 Å². The third-order valence-electron chi connectivity index (χ3n) is 4.36. The Morgan fingerprint density at radius 3 is 2.72 bits per heavy atom. The van der Waals surface area contributed by atoms with Gasteiger partial charge in [0.2, 0.25) is 5.91 Å². The Morgan fingerprint density at radius 2 is 2.08 bits per heavy atom. The molecule has 2 amide bonds. The van der Waals surface area contributed by atoms with E-state index in [-0.39, 0.29) is 17.7 Å². The Bertz CT molecular complexity index is 728. The standard InChI is InChI=1S/C17H22N6O2/c1-18-16(24)14-11-21(2)8-9-22(12-14)17(25)13-4-5-15(19-10-13)23-7-3-6-20-23/h3-7,10,14H,8-9,11-12H2,1-2H3,(H,18,24). The highest BCUT2D eigenvalue weighted by Crippen LogP contribution is 2.13. The monoisotopic (exact) mass is 342 g/mol. The summed E-state index contributed by atoms with van der Waals surface area (Å²) in [5.74, 6) is 0.264. The number of nitrogens with one attached hydrogen (secondary N) is 1. The Labute approximate surface area is 146 Å². The van der Waals surface area contributed by atoms with E-state index in [0.29, 0.717) is 31.0 Å². The first-order valence-electron chi connectivity index (χ1n) is 8.24. The first-order chi connectivity index (χ1) is 12.1. The molecule has 132 valence electrons. The van der Waals surface area contributed by atoms with Crippen LogP contribution in [0.3, 0.4) is 0 Å². The van der Waals surface area contributed by atoms with Gasteiger partial charge in [-0.1, -0.05) is 0 Å². The lowest BCUT2D eigenvalue weighted by Crippen LogP contribution is -2.41.